The lowest BCUT2D eigenvalue weighted by atomic mass is 9.82. The number of hydrogen-bond acceptors (Lipinski definition) is 2. The predicted octanol–water partition coefficient (Wildman–Crippen LogP) is 15.1. The zero-order chi connectivity index (χ0) is 37.5. The maximum atomic E-state index is 6.57. The Labute approximate surface area is 326 Å². The van der Waals surface area contributed by atoms with E-state index in [2.05, 4.69) is 196 Å². The first-order valence-electron chi connectivity index (χ1n) is 19.8. The topological polar surface area (TPSA) is 16.4 Å². The van der Waals surface area contributed by atoms with Crippen molar-refractivity contribution in [3.63, 3.8) is 0 Å². The second-order valence-electron chi connectivity index (χ2n) is 16.8. The molecule has 2 nitrogen and oxygen atoms in total. The van der Waals surface area contributed by atoms with Crippen LogP contribution in [-0.4, -0.2) is 0 Å². The summed E-state index contributed by atoms with van der Waals surface area (Å²) < 4.78 is 6.57. The molecule has 2 aliphatic rings. The van der Waals surface area contributed by atoms with Crippen molar-refractivity contribution in [3.8, 4) is 33.4 Å². The third kappa shape index (κ3) is 4.06. The summed E-state index contributed by atoms with van der Waals surface area (Å²) in [7, 11) is 0. The second-order valence-corrected chi connectivity index (χ2v) is 16.8. The van der Waals surface area contributed by atoms with E-state index < -0.39 is 0 Å². The van der Waals surface area contributed by atoms with Crippen molar-refractivity contribution in [2.45, 2.75) is 38.5 Å². The Kier molecular flexibility index (Phi) is 6.22. The average Bonchev–Trinajstić information content (AvgIpc) is 3.81. The maximum Gasteiger partial charge on any atom is 0.136 e. The molecule has 0 spiro atoms. The Hall–Kier alpha value is -6.64. The van der Waals surface area contributed by atoms with Crippen molar-refractivity contribution < 1.29 is 4.42 Å². The second kappa shape index (κ2) is 11.0. The van der Waals surface area contributed by atoms with Crippen molar-refractivity contribution in [2.75, 3.05) is 4.90 Å². The molecular formula is C54H39NO. The molecule has 56 heavy (non-hydrogen) atoms. The summed E-state index contributed by atoms with van der Waals surface area (Å²) in [6.07, 6.45) is 0. The number of nitrogens with zero attached hydrogens (tertiary/aromatic N) is 1. The Morgan fingerprint density at radius 3 is 1.86 bits per heavy atom. The van der Waals surface area contributed by atoms with Gasteiger partial charge in [0.1, 0.15) is 11.2 Å². The van der Waals surface area contributed by atoms with Crippen LogP contribution in [-0.2, 0) is 10.8 Å². The maximum absolute atomic E-state index is 6.57. The molecule has 1 aromatic heterocycles. The van der Waals surface area contributed by atoms with Gasteiger partial charge in [-0.2, -0.15) is 0 Å². The van der Waals surface area contributed by atoms with E-state index >= 15 is 0 Å². The van der Waals surface area contributed by atoms with E-state index in [1.165, 1.54) is 93.6 Å². The minimum atomic E-state index is -0.132. The summed E-state index contributed by atoms with van der Waals surface area (Å²) in [5, 5.41) is 7.31. The first-order valence-corrected chi connectivity index (χ1v) is 19.8. The largest absolute Gasteiger partial charge is 0.456 e. The van der Waals surface area contributed by atoms with Gasteiger partial charge in [0.25, 0.3) is 0 Å². The molecule has 0 unspecified atom stereocenters. The molecule has 0 bridgehead atoms. The van der Waals surface area contributed by atoms with Crippen LogP contribution in [0.4, 0.5) is 17.1 Å². The Bertz CT molecular complexity index is 3250. The van der Waals surface area contributed by atoms with Crippen molar-refractivity contribution in [1.82, 2.24) is 0 Å². The summed E-state index contributed by atoms with van der Waals surface area (Å²) in [5.41, 5.74) is 18.3. The van der Waals surface area contributed by atoms with E-state index in [0.717, 1.165) is 22.5 Å². The van der Waals surface area contributed by atoms with Crippen molar-refractivity contribution in [2.24, 2.45) is 0 Å². The molecule has 266 valence electrons. The highest BCUT2D eigenvalue weighted by molar-refractivity contribution is 6.35. The molecule has 0 saturated heterocycles. The average molecular weight is 718 g/mol. The number of hydrogen-bond donors (Lipinski definition) is 0. The van der Waals surface area contributed by atoms with Crippen LogP contribution in [0.15, 0.2) is 168 Å². The molecule has 2 aliphatic carbocycles. The van der Waals surface area contributed by atoms with Gasteiger partial charge in [0, 0.05) is 43.9 Å². The van der Waals surface area contributed by atoms with Gasteiger partial charge in [-0.1, -0.05) is 149 Å². The highest BCUT2D eigenvalue weighted by Crippen LogP contribution is 2.56. The molecular weight excluding hydrogens is 679 g/mol. The lowest BCUT2D eigenvalue weighted by molar-refractivity contribution is 0.660. The van der Waals surface area contributed by atoms with E-state index in [9.17, 15) is 0 Å². The molecule has 0 radical (unpaired) electrons. The standard InChI is InChI=1S/C54H39NO/c1-53(2)43-20-11-9-17-40(43)50-44(53)21-13-22-46(50)55(34-25-27-38-37-16-8-10-19-42(37)54(3,4)45(38)31-34)33-24-26-36-39-18-12-23-47-51(39)52-48(56-47)29-28-35(49(52)41(36)30-33)32-14-6-5-7-15-32/h5-31H,1-4H3. The molecule has 12 rings (SSSR count). The number of furan rings is 1. The molecule has 0 fully saturated rings. The Morgan fingerprint density at radius 2 is 1.02 bits per heavy atom. The van der Waals surface area contributed by atoms with E-state index in [1.54, 1.807) is 0 Å². The minimum absolute atomic E-state index is 0.123. The van der Waals surface area contributed by atoms with Crippen molar-refractivity contribution >= 4 is 60.5 Å². The summed E-state index contributed by atoms with van der Waals surface area (Å²) in [6.45, 7) is 9.49. The number of rotatable bonds is 4. The Balaban J connectivity index is 1.19. The van der Waals surface area contributed by atoms with E-state index in [0.29, 0.717) is 0 Å². The molecule has 0 amide bonds. The van der Waals surface area contributed by atoms with Crippen LogP contribution in [0.25, 0.3) is 76.9 Å². The van der Waals surface area contributed by atoms with Crippen molar-refractivity contribution in [3.05, 3.63) is 186 Å². The first kappa shape index (κ1) is 31.7. The molecule has 0 N–H and O–H groups in total. The van der Waals surface area contributed by atoms with Gasteiger partial charge < -0.3 is 9.32 Å². The minimum Gasteiger partial charge on any atom is -0.456 e. The summed E-state index contributed by atoms with van der Waals surface area (Å²) in [6, 6.07) is 60.8. The van der Waals surface area contributed by atoms with Crippen LogP contribution in [0.3, 0.4) is 0 Å². The lowest BCUT2D eigenvalue weighted by Gasteiger charge is -2.31. The van der Waals surface area contributed by atoms with Gasteiger partial charge in [0.2, 0.25) is 0 Å². The summed E-state index contributed by atoms with van der Waals surface area (Å²) >= 11 is 0. The molecule has 0 atom stereocenters. The van der Waals surface area contributed by atoms with Crippen LogP contribution in [0.5, 0.6) is 0 Å². The molecule has 10 aromatic rings. The van der Waals surface area contributed by atoms with Crippen LogP contribution >= 0.6 is 0 Å². The van der Waals surface area contributed by atoms with Crippen LogP contribution in [0.1, 0.15) is 49.9 Å². The fourth-order valence-corrected chi connectivity index (χ4v) is 10.6. The number of benzene rings is 9. The quantitative estimate of drug-likeness (QED) is 0.169. The smallest absolute Gasteiger partial charge is 0.136 e. The van der Waals surface area contributed by atoms with E-state index in [4.69, 9.17) is 4.42 Å². The first-order chi connectivity index (χ1) is 27.3. The van der Waals surface area contributed by atoms with E-state index in [-0.39, 0.29) is 10.8 Å². The van der Waals surface area contributed by atoms with Crippen molar-refractivity contribution in [1.29, 1.82) is 0 Å². The Morgan fingerprint density at radius 1 is 0.393 bits per heavy atom. The van der Waals surface area contributed by atoms with Gasteiger partial charge in [-0.3, -0.25) is 0 Å². The fraction of sp³-hybridized carbons (Fsp3) is 0.111. The summed E-state index contributed by atoms with van der Waals surface area (Å²) in [5.74, 6) is 0. The molecule has 1 heterocycles. The molecule has 9 aromatic carbocycles. The highest BCUT2D eigenvalue weighted by atomic mass is 16.3. The van der Waals surface area contributed by atoms with Gasteiger partial charge in [0.15, 0.2) is 0 Å². The zero-order valence-corrected chi connectivity index (χ0v) is 31.9. The van der Waals surface area contributed by atoms with Gasteiger partial charge in [-0.05, 0) is 109 Å². The number of anilines is 3. The van der Waals surface area contributed by atoms with Gasteiger partial charge in [-0.25, -0.2) is 0 Å². The SMILES string of the molecule is CC1(C)c2ccccc2-c2ccc(N(c3ccc4c(c3)c3c(-c5ccccc5)ccc5oc6cccc4c6c53)c3cccc4c3-c3ccccc3C4(C)C)cc21. The monoisotopic (exact) mass is 717 g/mol. The molecule has 2 heteroatoms. The third-order valence-corrected chi connectivity index (χ3v) is 13.2. The van der Waals surface area contributed by atoms with Crippen LogP contribution in [0.2, 0.25) is 0 Å². The molecule has 0 aliphatic heterocycles. The third-order valence-electron chi connectivity index (χ3n) is 13.2. The van der Waals surface area contributed by atoms with E-state index in [1.807, 2.05) is 0 Å². The summed E-state index contributed by atoms with van der Waals surface area (Å²) in [4.78, 5) is 2.53. The molecule has 0 saturated carbocycles. The zero-order valence-electron chi connectivity index (χ0n) is 31.9. The number of fused-ring (bicyclic) bond motifs is 9. The van der Waals surface area contributed by atoms with Gasteiger partial charge in [-0.15, -0.1) is 0 Å². The van der Waals surface area contributed by atoms with Crippen LogP contribution in [0, 0.1) is 0 Å². The normalized spacial score (nSPS) is 14.7. The lowest BCUT2D eigenvalue weighted by Crippen LogP contribution is -2.17. The highest BCUT2D eigenvalue weighted by Gasteiger charge is 2.39. The van der Waals surface area contributed by atoms with Gasteiger partial charge >= 0.3 is 0 Å². The fourth-order valence-electron chi connectivity index (χ4n) is 10.6. The predicted molar refractivity (Wildman–Crippen MR) is 235 cm³/mol. The van der Waals surface area contributed by atoms with Crippen LogP contribution < -0.4 is 4.90 Å². The van der Waals surface area contributed by atoms with Gasteiger partial charge in [0.05, 0.1) is 5.69 Å².